The average Bonchev–Trinajstić information content (AvgIpc) is 0.815. The van der Waals surface area contributed by atoms with E-state index in [1.165, 1.54) is 56.3 Å². The number of cyclic esters (lactones) is 1. The molecule has 1 heterocycles. The summed E-state index contributed by atoms with van der Waals surface area (Å²) in [7, 11) is 0. The highest BCUT2D eigenvalue weighted by molar-refractivity contribution is 6.00. The van der Waals surface area contributed by atoms with Crippen LogP contribution < -0.4 is 75.7 Å². The van der Waals surface area contributed by atoms with Gasteiger partial charge in [-0.1, -0.05) is 123 Å². The normalized spacial score (nSPS) is 24.5. The van der Waals surface area contributed by atoms with Crippen molar-refractivity contribution in [2.24, 2.45) is 40.9 Å². The summed E-state index contributed by atoms with van der Waals surface area (Å²) in [4.78, 5) is 183. The van der Waals surface area contributed by atoms with Gasteiger partial charge >= 0.3 is 5.97 Å². The number of esters is 1. The van der Waals surface area contributed by atoms with Crippen molar-refractivity contribution in [3.05, 3.63) is 75.8 Å². The molecule has 4 rings (SSSR count). The van der Waals surface area contributed by atoms with Gasteiger partial charge in [0, 0.05) is 25.1 Å². The Bertz CT molecular complexity index is 3140. The largest absolute Gasteiger partial charge is 0.453 e. The first kappa shape index (κ1) is 82.0. The monoisotopic (exact) mass is 1390 g/mol. The third-order valence-corrected chi connectivity index (χ3v) is 17.0. The summed E-state index contributed by atoms with van der Waals surface area (Å²) in [5.74, 6) is -17.7. The number of carbonyl (C=O) groups excluding carboxylic acids is 12. The standard InChI is InChI=1S/C64H98N16O19/c1-8-33(6)45-59(92)77-46(34(7)82)58(91)70-29-44(83)75-48(51(85)53(66)86)61(94)74-43(30-81)63(96)99-52(37-18-13-10-14-19-37)49(79-57(90)42(28-36-21-23-38(24-22-36)80(97)98)72-54(87)39(65)27-35-16-11-9-12-17-35)62(95)78-47(50(84)32(4)5)60(93)73-41(26-31(2)3)56(89)71-40(55(88)76-45)20-15-25-69-64(67)68/h10,13-14,18-19,21-24,31-35,39-43,45-52,81-82,84-85H,8-9,11-12,15-17,20,25-30,65H2,1-7H3,(H2,66,86)(H,70,91)(H,71,89)(H,72,87)(H,73,93)(H,74,94)(H,75,83)(H,76,88)(H,77,92)(H,78,95)(H,79,90)(H4,67,68,69)/t33-,34-,39-,40+,41-,42-,43-,45-,46-,47-,48-,49-,50+,51-,52+/m0/s1. The number of nitrogens with zero attached hydrogens (tertiary/aromatic N) is 1. The van der Waals surface area contributed by atoms with Crippen molar-refractivity contribution in [3.63, 3.8) is 0 Å². The Morgan fingerprint density at radius 1 is 0.697 bits per heavy atom. The smallest absolute Gasteiger partial charge is 0.331 e. The summed E-state index contributed by atoms with van der Waals surface area (Å²) >= 11 is 0. The van der Waals surface area contributed by atoms with Gasteiger partial charge in [-0.05, 0) is 67.4 Å². The Hall–Kier alpha value is -9.45. The van der Waals surface area contributed by atoms with Crippen LogP contribution in [0.1, 0.15) is 130 Å². The third-order valence-electron chi connectivity index (χ3n) is 17.0. The second-order valence-corrected chi connectivity index (χ2v) is 25.7. The number of carbonyl (C=O) groups is 12. The van der Waals surface area contributed by atoms with E-state index in [0.29, 0.717) is 0 Å². The molecule has 1 saturated carbocycles. The summed E-state index contributed by atoms with van der Waals surface area (Å²) in [6, 6.07) is -6.88. The zero-order valence-corrected chi connectivity index (χ0v) is 56.6. The number of primary amides is 1. The van der Waals surface area contributed by atoms with Crippen LogP contribution in [0.4, 0.5) is 5.69 Å². The number of benzene rings is 2. The number of hydrogen-bond acceptors (Lipinski definition) is 21. The van der Waals surface area contributed by atoms with Gasteiger partial charge < -0.3 is 101 Å². The molecule has 2 fully saturated rings. The molecule has 0 unspecified atom stereocenters. The maximum atomic E-state index is 15.6. The van der Waals surface area contributed by atoms with Crippen molar-refractivity contribution in [1.82, 2.24) is 58.5 Å². The van der Waals surface area contributed by atoms with Crippen LogP contribution in [0.2, 0.25) is 0 Å². The molecule has 2 aliphatic rings. The summed E-state index contributed by atoms with van der Waals surface area (Å²) in [5.41, 5.74) is 17.1. The van der Waals surface area contributed by atoms with Crippen LogP contribution in [-0.2, 0) is 68.7 Å². The molecule has 35 nitrogen and oxygen atoms in total. The Labute approximate surface area is 572 Å². The second kappa shape index (κ2) is 39.8. The topological polar surface area (TPSA) is 572 Å². The fourth-order valence-electron chi connectivity index (χ4n) is 11.0. The molecule has 1 aliphatic heterocycles. The van der Waals surface area contributed by atoms with E-state index < -0.39 is 204 Å². The van der Waals surface area contributed by atoms with E-state index in [1.807, 2.05) is 10.6 Å². The first-order valence-corrected chi connectivity index (χ1v) is 32.9. The van der Waals surface area contributed by atoms with E-state index in [2.05, 4.69) is 47.9 Å². The first-order chi connectivity index (χ1) is 46.7. The lowest BCUT2D eigenvalue weighted by molar-refractivity contribution is -0.384. The van der Waals surface area contributed by atoms with E-state index in [4.69, 9.17) is 27.3 Å². The molecule has 2 aromatic carbocycles. The number of nitrogens with one attached hydrogen (secondary N) is 12. The van der Waals surface area contributed by atoms with Gasteiger partial charge in [0.15, 0.2) is 24.2 Å². The zero-order valence-electron chi connectivity index (χ0n) is 56.6. The van der Waals surface area contributed by atoms with Gasteiger partial charge in [-0.25, -0.2) is 4.79 Å². The number of nitrogens with two attached hydrogens (primary N) is 3. The van der Waals surface area contributed by atoms with Crippen LogP contribution in [-0.4, -0.2) is 201 Å². The predicted molar refractivity (Wildman–Crippen MR) is 355 cm³/mol. The fraction of sp³-hybridized carbons (Fsp3) is 0.609. The molecule has 2 aromatic rings. The Morgan fingerprint density at radius 2 is 1.27 bits per heavy atom. The van der Waals surface area contributed by atoms with Crippen LogP contribution in [0.5, 0.6) is 0 Å². The maximum Gasteiger partial charge on any atom is 0.331 e. The van der Waals surface area contributed by atoms with Gasteiger partial charge in [0.05, 0.1) is 36.3 Å². The molecule has 0 spiro atoms. The van der Waals surface area contributed by atoms with E-state index in [0.717, 1.165) is 51.2 Å². The molecule has 22 N–H and O–H groups in total. The molecule has 11 amide bonds. The number of non-ortho nitro benzene ring substituents is 1. The minimum absolute atomic E-state index is 0.00884. The molecule has 0 aromatic heterocycles. The molecular formula is C64H98N16O19. The van der Waals surface area contributed by atoms with Crippen molar-refractivity contribution in [2.75, 3.05) is 19.7 Å². The number of nitro groups is 1. The number of rotatable bonds is 24. The lowest BCUT2D eigenvalue weighted by Crippen LogP contribution is -2.64. The quantitative estimate of drug-likeness (QED) is 0.0118. The lowest BCUT2D eigenvalue weighted by Gasteiger charge is -2.33. The highest BCUT2D eigenvalue weighted by Gasteiger charge is 2.44. The Kier molecular flexibility index (Phi) is 33.0. The SMILES string of the molecule is CC[C@H](C)[C@@H]1NC(=O)[C@@H](CCCNC(=N)N)NC(=O)[C@H](CC(C)C)NC(=O)[C@H]([C@H](O)C(C)C)NC(=O)[C@@H](NC(=O)[C@H](Cc2ccc([N+](=O)[O-])cc2)NC(=O)[C@@H](N)CC2CCCCC2)[C@@H](c2ccccc2)OC(=O)[C@H](CO)NC(=O)[C@H]([C@H](O)C(N)=O)NC(=O)CNC(=O)[C@H]([C@H](C)O)NC1=O. The zero-order chi connectivity index (χ0) is 74.0. The summed E-state index contributed by atoms with van der Waals surface area (Å²) < 4.78 is 5.97. The molecule has 0 radical (unpaired) electrons. The van der Waals surface area contributed by atoms with Crippen LogP contribution in [0.3, 0.4) is 0 Å². The van der Waals surface area contributed by atoms with Crippen molar-refractivity contribution in [1.29, 1.82) is 5.41 Å². The maximum absolute atomic E-state index is 15.6. The molecule has 0 bridgehead atoms. The number of amides is 11. The summed E-state index contributed by atoms with van der Waals surface area (Å²) in [5, 5.41) is 90.2. The van der Waals surface area contributed by atoms with Gasteiger partial charge in [0.1, 0.15) is 48.3 Å². The van der Waals surface area contributed by atoms with Gasteiger partial charge in [-0.3, -0.25) is 68.3 Å². The van der Waals surface area contributed by atoms with E-state index in [9.17, 15) is 73.7 Å². The fourth-order valence-corrected chi connectivity index (χ4v) is 11.0. The van der Waals surface area contributed by atoms with Crippen LogP contribution in [0, 0.1) is 39.2 Å². The predicted octanol–water partition coefficient (Wildman–Crippen LogP) is -4.20. The molecule has 1 saturated heterocycles. The average molecular weight is 1400 g/mol. The molecule has 99 heavy (non-hydrogen) atoms. The van der Waals surface area contributed by atoms with Crippen LogP contribution in [0.25, 0.3) is 0 Å². The van der Waals surface area contributed by atoms with E-state index in [-0.39, 0.29) is 61.4 Å². The Morgan fingerprint density at radius 3 is 1.84 bits per heavy atom. The number of aliphatic hydroxyl groups excluding tert-OH is 4. The first-order valence-electron chi connectivity index (χ1n) is 32.9. The van der Waals surface area contributed by atoms with Crippen LogP contribution in [0.15, 0.2) is 54.6 Å². The number of aliphatic hydroxyl groups is 4. The second-order valence-electron chi connectivity index (χ2n) is 25.7. The highest BCUT2D eigenvalue weighted by atomic mass is 16.6. The molecular weight excluding hydrogens is 1300 g/mol. The third kappa shape index (κ3) is 25.7. The van der Waals surface area contributed by atoms with Gasteiger partial charge in [-0.15, -0.1) is 0 Å². The van der Waals surface area contributed by atoms with Gasteiger partial charge in [-0.2, -0.15) is 0 Å². The highest BCUT2D eigenvalue weighted by Crippen LogP contribution is 2.28. The number of ether oxygens (including phenoxy) is 1. The number of nitro benzene ring substituents is 1. The molecule has 548 valence electrons. The minimum Gasteiger partial charge on any atom is -0.453 e. The Balaban J connectivity index is 2.01. The molecule has 1 aliphatic carbocycles. The van der Waals surface area contributed by atoms with Crippen molar-refractivity contribution in [3.8, 4) is 0 Å². The number of guanidine groups is 1. The van der Waals surface area contributed by atoms with Gasteiger partial charge in [0.2, 0.25) is 65.0 Å². The van der Waals surface area contributed by atoms with E-state index >= 15 is 14.4 Å². The minimum atomic E-state index is -2.61. The molecule has 35 heteroatoms. The summed E-state index contributed by atoms with van der Waals surface area (Å²) in [6.07, 6.45) is -4.40. The van der Waals surface area contributed by atoms with Crippen molar-refractivity contribution in [2.45, 2.75) is 204 Å². The van der Waals surface area contributed by atoms with Crippen molar-refractivity contribution >= 4 is 82.6 Å². The van der Waals surface area contributed by atoms with Crippen molar-refractivity contribution < 1.29 is 87.6 Å². The molecule has 15 atom stereocenters. The van der Waals surface area contributed by atoms with Crippen LogP contribution >= 0.6 is 0 Å². The summed E-state index contributed by atoms with van der Waals surface area (Å²) in [6.45, 7) is 8.08. The van der Waals surface area contributed by atoms with E-state index in [1.54, 1.807) is 27.7 Å². The number of hydrogen-bond donors (Lipinski definition) is 19. The lowest BCUT2D eigenvalue weighted by atomic mass is 9.85. The van der Waals surface area contributed by atoms with Gasteiger partial charge in [0.25, 0.3) is 5.69 Å².